The van der Waals surface area contributed by atoms with E-state index in [-0.39, 0.29) is 6.10 Å². The summed E-state index contributed by atoms with van der Waals surface area (Å²) in [5.41, 5.74) is 0. The van der Waals surface area contributed by atoms with Gasteiger partial charge in [-0.3, -0.25) is 0 Å². The lowest BCUT2D eigenvalue weighted by atomic mass is 9.95. The van der Waals surface area contributed by atoms with Gasteiger partial charge in [0.05, 0.1) is 6.26 Å². The highest BCUT2D eigenvalue weighted by molar-refractivity contribution is 5.00. The molecule has 0 aliphatic carbocycles. The van der Waals surface area contributed by atoms with Crippen molar-refractivity contribution in [3.8, 4) is 0 Å². The molecule has 0 bridgehead atoms. The van der Waals surface area contributed by atoms with E-state index in [9.17, 15) is 0 Å². The molecule has 1 aliphatic rings. The monoisotopic (exact) mass is 237 g/mol. The van der Waals surface area contributed by atoms with Gasteiger partial charge >= 0.3 is 0 Å². The van der Waals surface area contributed by atoms with Crippen molar-refractivity contribution >= 4 is 0 Å². The summed E-state index contributed by atoms with van der Waals surface area (Å²) in [6.45, 7) is 5.26. The molecule has 2 atom stereocenters. The summed E-state index contributed by atoms with van der Waals surface area (Å²) in [4.78, 5) is 0. The molecule has 0 amide bonds. The van der Waals surface area contributed by atoms with Gasteiger partial charge in [-0.1, -0.05) is 0 Å². The van der Waals surface area contributed by atoms with Crippen molar-refractivity contribution < 1.29 is 9.15 Å². The van der Waals surface area contributed by atoms with E-state index in [1.165, 1.54) is 32.4 Å². The van der Waals surface area contributed by atoms with Crippen LogP contribution in [0.4, 0.5) is 0 Å². The van der Waals surface area contributed by atoms with Gasteiger partial charge in [0, 0.05) is 6.61 Å². The molecule has 2 heterocycles. The van der Waals surface area contributed by atoms with Gasteiger partial charge in [0.1, 0.15) is 11.9 Å². The third-order valence-electron chi connectivity index (χ3n) is 3.47. The molecule has 0 radical (unpaired) electrons. The maximum Gasteiger partial charge on any atom is 0.132 e. The van der Waals surface area contributed by atoms with Crippen LogP contribution in [0.2, 0.25) is 0 Å². The van der Waals surface area contributed by atoms with E-state index in [0.29, 0.717) is 0 Å². The molecule has 0 unspecified atom stereocenters. The minimum absolute atomic E-state index is 0.0782. The molecule has 1 fully saturated rings. The molecule has 0 aromatic carbocycles. The first kappa shape index (κ1) is 12.7. The number of nitrogens with one attached hydrogen (secondary N) is 1. The molecule has 0 spiro atoms. The maximum absolute atomic E-state index is 5.76. The van der Waals surface area contributed by atoms with Crippen LogP contribution < -0.4 is 5.32 Å². The third-order valence-corrected chi connectivity index (χ3v) is 3.47. The Hall–Kier alpha value is -0.800. The van der Waals surface area contributed by atoms with E-state index in [1.54, 1.807) is 6.26 Å². The summed E-state index contributed by atoms with van der Waals surface area (Å²) in [5, 5.41) is 3.45. The number of ether oxygens (including phenoxy) is 1. The second-order valence-corrected chi connectivity index (χ2v) is 4.88. The molecule has 17 heavy (non-hydrogen) atoms. The number of rotatable bonds is 6. The normalized spacial score (nSPS) is 22.5. The van der Waals surface area contributed by atoms with Gasteiger partial charge in [0.15, 0.2) is 0 Å². The first-order valence-corrected chi connectivity index (χ1v) is 6.72. The fourth-order valence-corrected chi connectivity index (χ4v) is 2.41. The summed E-state index contributed by atoms with van der Waals surface area (Å²) >= 11 is 0. The molecule has 1 aromatic rings. The van der Waals surface area contributed by atoms with E-state index < -0.39 is 0 Å². The van der Waals surface area contributed by atoms with Crippen LogP contribution in [-0.2, 0) is 4.74 Å². The molecule has 1 aliphatic heterocycles. The average Bonchev–Trinajstić information content (AvgIpc) is 2.89. The van der Waals surface area contributed by atoms with Crippen LogP contribution in [0.1, 0.15) is 44.5 Å². The van der Waals surface area contributed by atoms with Crippen molar-refractivity contribution in [1.29, 1.82) is 0 Å². The fraction of sp³-hybridized carbons (Fsp3) is 0.714. The Bertz CT molecular complexity index is 291. The van der Waals surface area contributed by atoms with E-state index in [0.717, 1.165) is 24.7 Å². The zero-order valence-electron chi connectivity index (χ0n) is 10.7. The van der Waals surface area contributed by atoms with Crippen LogP contribution in [0.3, 0.4) is 0 Å². The first-order valence-electron chi connectivity index (χ1n) is 6.72. The predicted octanol–water partition coefficient (Wildman–Crippen LogP) is 3.14. The van der Waals surface area contributed by atoms with Crippen LogP contribution in [0.15, 0.2) is 22.8 Å². The van der Waals surface area contributed by atoms with E-state index in [4.69, 9.17) is 9.15 Å². The Morgan fingerprint density at radius 3 is 3.24 bits per heavy atom. The van der Waals surface area contributed by atoms with Crippen LogP contribution >= 0.6 is 0 Å². The molecule has 2 rings (SSSR count). The van der Waals surface area contributed by atoms with Crippen LogP contribution in [0.5, 0.6) is 0 Å². The van der Waals surface area contributed by atoms with Gasteiger partial charge in [-0.15, -0.1) is 0 Å². The zero-order valence-corrected chi connectivity index (χ0v) is 10.7. The number of hydrogen-bond donors (Lipinski definition) is 1. The van der Waals surface area contributed by atoms with Crippen molar-refractivity contribution in [3.05, 3.63) is 24.2 Å². The SMILES string of the molecule is C[C@H](OCCC[C@@H]1CCCNC1)c1ccco1. The highest BCUT2D eigenvalue weighted by atomic mass is 16.5. The maximum atomic E-state index is 5.76. The Morgan fingerprint density at radius 1 is 1.59 bits per heavy atom. The summed E-state index contributed by atoms with van der Waals surface area (Å²) < 4.78 is 11.1. The second-order valence-electron chi connectivity index (χ2n) is 4.88. The Kier molecular flexibility index (Phi) is 5.08. The van der Waals surface area contributed by atoms with Crippen LogP contribution in [0, 0.1) is 5.92 Å². The lowest BCUT2D eigenvalue weighted by molar-refractivity contribution is 0.0459. The molecule has 1 saturated heterocycles. The Morgan fingerprint density at radius 2 is 2.53 bits per heavy atom. The summed E-state index contributed by atoms with van der Waals surface area (Å²) in [5.74, 6) is 1.77. The molecule has 1 N–H and O–H groups in total. The van der Waals surface area contributed by atoms with E-state index >= 15 is 0 Å². The number of furan rings is 1. The van der Waals surface area contributed by atoms with Crippen LogP contribution in [0.25, 0.3) is 0 Å². The van der Waals surface area contributed by atoms with E-state index in [2.05, 4.69) is 5.32 Å². The van der Waals surface area contributed by atoms with Crippen molar-refractivity contribution in [2.24, 2.45) is 5.92 Å². The van der Waals surface area contributed by atoms with Gasteiger partial charge in [-0.05, 0) is 63.7 Å². The highest BCUT2D eigenvalue weighted by Crippen LogP contribution is 2.19. The fourth-order valence-electron chi connectivity index (χ4n) is 2.41. The number of hydrogen-bond acceptors (Lipinski definition) is 3. The number of piperidine rings is 1. The quantitative estimate of drug-likeness (QED) is 0.772. The van der Waals surface area contributed by atoms with Crippen molar-refractivity contribution in [2.75, 3.05) is 19.7 Å². The summed E-state index contributed by atoms with van der Waals surface area (Å²) in [6.07, 6.45) is 6.90. The third kappa shape index (κ3) is 4.17. The van der Waals surface area contributed by atoms with Gasteiger partial charge in [-0.25, -0.2) is 0 Å². The lowest BCUT2D eigenvalue weighted by Crippen LogP contribution is -2.29. The Balaban J connectivity index is 1.56. The van der Waals surface area contributed by atoms with Crippen molar-refractivity contribution in [3.63, 3.8) is 0 Å². The zero-order chi connectivity index (χ0) is 11.9. The predicted molar refractivity (Wildman–Crippen MR) is 67.9 cm³/mol. The molecule has 1 aromatic heterocycles. The largest absolute Gasteiger partial charge is 0.467 e. The lowest BCUT2D eigenvalue weighted by Gasteiger charge is -2.22. The van der Waals surface area contributed by atoms with Gasteiger partial charge < -0.3 is 14.5 Å². The molecule has 96 valence electrons. The molecule has 3 nitrogen and oxygen atoms in total. The van der Waals surface area contributed by atoms with Crippen molar-refractivity contribution in [1.82, 2.24) is 5.32 Å². The molecular weight excluding hydrogens is 214 g/mol. The van der Waals surface area contributed by atoms with Gasteiger partial charge in [-0.2, -0.15) is 0 Å². The topological polar surface area (TPSA) is 34.4 Å². The van der Waals surface area contributed by atoms with Gasteiger partial charge in [0.2, 0.25) is 0 Å². The van der Waals surface area contributed by atoms with Crippen molar-refractivity contribution in [2.45, 2.75) is 38.7 Å². The molecule has 0 saturated carbocycles. The standard InChI is InChI=1S/C14H23NO2/c1-12(14-7-4-10-17-14)16-9-3-6-13-5-2-8-15-11-13/h4,7,10,12-13,15H,2-3,5-6,8-9,11H2,1H3/t12-,13-/m0/s1. The molecular formula is C14H23NO2. The smallest absolute Gasteiger partial charge is 0.132 e. The summed E-state index contributed by atoms with van der Waals surface area (Å²) in [7, 11) is 0. The van der Waals surface area contributed by atoms with Gasteiger partial charge in [0.25, 0.3) is 0 Å². The minimum Gasteiger partial charge on any atom is -0.467 e. The summed E-state index contributed by atoms with van der Waals surface area (Å²) in [6, 6.07) is 3.87. The minimum atomic E-state index is 0.0782. The first-order chi connectivity index (χ1) is 8.36. The second kappa shape index (κ2) is 6.82. The van der Waals surface area contributed by atoms with E-state index in [1.807, 2.05) is 19.1 Å². The Labute approximate surface area is 104 Å². The van der Waals surface area contributed by atoms with Crippen LogP contribution in [-0.4, -0.2) is 19.7 Å². The average molecular weight is 237 g/mol. The molecule has 3 heteroatoms. The highest BCUT2D eigenvalue weighted by Gasteiger charge is 2.13.